The summed E-state index contributed by atoms with van der Waals surface area (Å²) in [6.07, 6.45) is 0. The average Bonchev–Trinajstić information content (AvgIpc) is 3.56. The van der Waals surface area contributed by atoms with E-state index in [-0.39, 0.29) is 0 Å². The van der Waals surface area contributed by atoms with Gasteiger partial charge in [0, 0.05) is 16.5 Å². The van der Waals surface area contributed by atoms with Crippen molar-refractivity contribution in [1.29, 1.82) is 0 Å². The second kappa shape index (κ2) is 11.8. The highest BCUT2D eigenvalue weighted by atomic mass is 15.0. The molecule has 0 spiro atoms. The van der Waals surface area contributed by atoms with Gasteiger partial charge in [0.2, 0.25) is 0 Å². The first-order valence-electron chi connectivity index (χ1n) is 18.4. The Morgan fingerprint density at radius 3 is 1.45 bits per heavy atom. The van der Waals surface area contributed by atoms with Crippen LogP contribution in [0, 0.1) is 0 Å². The summed E-state index contributed by atoms with van der Waals surface area (Å²) in [4.78, 5) is 0. The van der Waals surface area contributed by atoms with Crippen molar-refractivity contribution >= 4 is 64.9 Å². The van der Waals surface area contributed by atoms with E-state index >= 15 is 0 Å². The van der Waals surface area contributed by atoms with E-state index in [2.05, 4.69) is 205 Å². The first kappa shape index (κ1) is 29.7. The van der Waals surface area contributed by atoms with Gasteiger partial charge in [-0.25, -0.2) is 0 Å². The fourth-order valence-corrected chi connectivity index (χ4v) is 8.83. The maximum absolute atomic E-state index is 2.42. The number of aromatic nitrogens is 1. The van der Waals surface area contributed by atoms with Crippen molar-refractivity contribution in [3.05, 3.63) is 200 Å². The van der Waals surface area contributed by atoms with Crippen molar-refractivity contribution in [3.63, 3.8) is 0 Å². The third-order valence-electron chi connectivity index (χ3n) is 11.2. The fourth-order valence-electron chi connectivity index (χ4n) is 8.83. The molecule has 0 radical (unpaired) electrons. The van der Waals surface area contributed by atoms with Gasteiger partial charge in [-0.15, -0.1) is 0 Å². The third-order valence-corrected chi connectivity index (χ3v) is 11.2. The van der Waals surface area contributed by atoms with Crippen molar-refractivity contribution in [2.45, 2.75) is 0 Å². The Bertz CT molecular complexity index is 3150. The predicted octanol–water partition coefficient (Wildman–Crippen LogP) is 14.4. The molecule has 0 bridgehead atoms. The van der Waals surface area contributed by atoms with Gasteiger partial charge in [0.25, 0.3) is 0 Å². The summed E-state index contributed by atoms with van der Waals surface area (Å²) in [7, 11) is 0. The first-order valence-corrected chi connectivity index (χ1v) is 18.4. The maximum atomic E-state index is 2.42. The van der Waals surface area contributed by atoms with E-state index in [4.69, 9.17) is 0 Å². The van der Waals surface area contributed by atoms with E-state index in [0.717, 1.165) is 5.69 Å². The van der Waals surface area contributed by atoms with Crippen molar-refractivity contribution in [2.24, 2.45) is 0 Å². The Hall–Kier alpha value is -6.96. The van der Waals surface area contributed by atoms with E-state index in [9.17, 15) is 0 Å². The van der Waals surface area contributed by atoms with Crippen molar-refractivity contribution < 1.29 is 0 Å². The molecule has 0 aliphatic rings. The average molecular weight is 672 g/mol. The predicted molar refractivity (Wildman–Crippen MR) is 227 cm³/mol. The van der Waals surface area contributed by atoms with Crippen LogP contribution in [-0.4, -0.2) is 4.57 Å². The van der Waals surface area contributed by atoms with Crippen molar-refractivity contribution in [1.82, 2.24) is 4.57 Å². The number of para-hydroxylation sites is 1. The minimum atomic E-state index is 1.16. The molecule has 246 valence electrons. The third kappa shape index (κ3) is 4.58. The standard InChI is InChI=1S/C52H33N/c1-2-14-34(15-3-1)35-26-29-38(30-27-35)53-49-25-13-12-20-42(49)47-33-37(28-31-50(47)53)51-43-21-8-10-23-45(43)52(46-24-11-9-22-44(46)51)48-32-36-16-4-5-17-39(36)40-18-6-7-19-41(40)48/h1-33H. The van der Waals surface area contributed by atoms with Gasteiger partial charge in [0.1, 0.15) is 0 Å². The molecule has 10 aromatic carbocycles. The highest BCUT2D eigenvalue weighted by Gasteiger charge is 2.20. The molecule has 53 heavy (non-hydrogen) atoms. The summed E-state index contributed by atoms with van der Waals surface area (Å²) in [6, 6.07) is 73.5. The summed E-state index contributed by atoms with van der Waals surface area (Å²) < 4.78 is 2.41. The molecule has 0 aliphatic carbocycles. The lowest BCUT2D eigenvalue weighted by atomic mass is 9.83. The quantitative estimate of drug-likeness (QED) is 0.130. The first-order chi connectivity index (χ1) is 26.3. The molecule has 0 saturated carbocycles. The van der Waals surface area contributed by atoms with Gasteiger partial charge in [0.15, 0.2) is 0 Å². The molecule has 0 aliphatic heterocycles. The highest BCUT2D eigenvalue weighted by molar-refractivity contribution is 6.26. The summed E-state index contributed by atoms with van der Waals surface area (Å²) >= 11 is 0. The number of hydrogen-bond acceptors (Lipinski definition) is 0. The van der Waals surface area contributed by atoms with Crippen LogP contribution < -0.4 is 0 Å². The molecule has 11 rings (SSSR count). The SMILES string of the molecule is c1ccc(-c2ccc(-n3c4ccccc4c4cc(-c5c6ccccc6c(-c6cc7ccccc7c7ccccc67)c6ccccc56)ccc43)cc2)cc1. The van der Waals surface area contributed by atoms with Crippen LogP contribution >= 0.6 is 0 Å². The minimum absolute atomic E-state index is 1.16. The molecule has 0 amide bonds. The number of rotatable bonds is 4. The molecule has 0 unspecified atom stereocenters. The lowest BCUT2D eigenvalue weighted by Gasteiger charge is -2.19. The van der Waals surface area contributed by atoms with E-state index in [1.807, 2.05) is 0 Å². The van der Waals surface area contributed by atoms with Crippen LogP contribution in [0.2, 0.25) is 0 Å². The molecule has 0 saturated heterocycles. The van der Waals surface area contributed by atoms with Crippen molar-refractivity contribution in [2.75, 3.05) is 0 Å². The lowest BCUT2D eigenvalue weighted by molar-refractivity contribution is 1.18. The fraction of sp³-hybridized carbons (Fsp3) is 0. The Morgan fingerprint density at radius 2 is 0.755 bits per heavy atom. The molecule has 1 aromatic heterocycles. The maximum Gasteiger partial charge on any atom is 0.0541 e. The largest absolute Gasteiger partial charge is 0.309 e. The van der Waals surface area contributed by atoms with Gasteiger partial charge in [-0.05, 0) is 113 Å². The number of hydrogen-bond donors (Lipinski definition) is 0. The number of fused-ring (bicyclic) bond motifs is 8. The minimum Gasteiger partial charge on any atom is -0.309 e. The zero-order valence-electron chi connectivity index (χ0n) is 29.0. The zero-order valence-corrected chi connectivity index (χ0v) is 29.0. The smallest absolute Gasteiger partial charge is 0.0541 e. The van der Waals surface area contributed by atoms with Crippen LogP contribution in [0.1, 0.15) is 0 Å². The van der Waals surface area contributed by atoms with Crippen LogP contribution in [0.3, 0.4) is 0 Å². The van der Waals surface area contributed by atoms with Crippen LogP contribution in [0.5, 0.6) is 0 Å². The summed E-state index contributed by atoms with van der Waals surface area (Å²) in [5, 5.41) is 12.7. The van der Waals surface area contributed by atoms with Crippen LogP contribution in [0.4, 0.5) is 0 Å². The molecule has 0 atom stereocenters. The van der Waals surface area contributed by atoms with Gasteiger partial charge in [-0.1, -0.05) is 164 Å². The van der Waals surface area contributed by atoms with E-state index < -0.39 is 0 Å². The molecule has 11 aromatic rings. The number of nitrogens with zero attached hydrogens (tertiary/aromatic N) is 1. The molecule has 1 nitrogen and oxygen atoms in total. The van der Waals surface area contributed by atoms with Crippen LogP contribution in [0.15, 0.2) is 200 Å². The van der Waals surface area contributed by atoms with Gasteiger partial charge in [-0.2, -0.15) is 0 Å². The lowest BCUT2D eigenvalue weighted by Crippen LogP contribution is -1.94. The van der Waals surface area contributed by atoms with Gasteiger partial charge < -0.3 is 4.57 Å². The van der Waals surface area contributed by atoms with E-state index in [1.54, 1.807) is 0 Å². The van der Waals surface area contributed by atoms with Gasteiger partial charge in [-0.3, -0.25) is 0 Å². The Balaban J connectivity index is 1.16. The monoisotopic (exact) mass is 671 g/mol. The Kier molecular flexibility index (Phi) is 6.62. The molecular formula is C52H33N. The normalized spacial score (nSPS) is 11.8. The molecule has 1 heterocycles. The van der Waals surface area contributed by atoms with Crippen LogP contribution in [-0.2, 0) is 0 Å². The second-order valence-electron chi connectivity index (χ2n) is 14.0. The molecule has 0 N–H and O–H groups in total. The second-order valence-corrected chi connectivity index (χ2v) is 14.0. The summed E-state index contributed by atoms with van der Waals surface area (Å²) in [5.41, 5.74) is 11.1. The molecular weight excluding hydrogens is 639 g/mol. The zero-order chi connectivity index (χ0) is 34.9. The van der Waals surface area contributed by atoms with Gasteiger partial charge in [0.05, 0.1) is 11.0 Å². The Morgan fingerprint density at radius 1 is 0.264 bits per heavy atom. The number of benzene rings is 10. The van der Waals surface area contributed by atoms with Crippen LogP contribution in [0.25, 0.3) is 104 Å². The van der Waals surface area contributed by atoms with E-state index in [0.29, 0.717) is 0 Å². The Labute approximate surface area is 307 Å². The highest BCUT2D eigenvalue weighted by Crippen LogP contribution is 2.47. The molecule has 0 fully saturated rings. The molecule has 1 heteroatoms. The summed E-state index contributed by atoms with van der Waals surface area (Å²) in [6.45, 7) is 0. The van der Waals surface area contributed by atoms with Gasteiger partial charge >= 0.3 is 0 Å². The topological polar surface area (TPSA) is 4.93 Å². The van der Waals surface area contributed by atoms with E-state index in [1.165, 1.54) is 98.3 Å². The van der Waals surface area contributed by atoms with Crippen molar-refractivity contribution in [3.8, 4) is 39.1 Å². The summed E-state index contributed by atoms with van der Waals surface area (Å²) in [5.74, 6) is 0.